The molecule has 82 valence electrons. The van der Waals surface area contributed by atoms with Gasteiger partial charge >= 0.3 is 5.97 Å². The first-order valence-corrected chi connectivity index (χ1v) is 6.79. The minimum absolute atomic E-state index is 0.296. The van der Waals surface area contributed by atoms with E-state index in [-0.39, 0.29) is 6.10 Å². The largest absolute Gasteiger partial charge is 0.481 e. The maximum atomic E-state index is 11.0. The van der Waals surface area contributed by atoms with Crippen LogP contribution in [0.2, 0.25) is 0 Å². The van der Waals surface area contributed by atoms with Gasteiger partial charge in [0, 0.05) is 16.0 Å². The molecular formula is C9H8Br2O3S. The van der Waals surface area contributed by atoms with E-state index in [2.05, 4.69) is 31.9 Å². The Labute approximate surface area is 108 Å². The Bertz CT molecular complexity index is 371. The number of hydrogen-bond acceptors (Lipinski definition) is 3. The molecule has 1 aromatic rings. The lowest BCUT2D eigenvalue weighted by Crippen LogP contribution is -2.16. The predicted octanol–water partition coefficient (Wildman–Crippen LogP) is 3.44. The van der Waals surface area contributed by atoms with Crippen LogP contribution in [-0.2, 0) is 9.53 Å². The zero-order valence-corrected chi connectivity index (χ0v) is 11.6. The second-order valence-electron chi connectivity index (χ2n) is 3.30. The monoisotopic (exact) mass is 354 g/mol. The van der Waals surface area contributed by atoms with Crippen LogP contribution in [0.3, 0.4) is 0 Å². The van der Waals surface area contributed by atoms with E-state index in [0.717, 1.165) is 13.1 Å². The molecule has 6 heteroatoms. The molecule has 0 amide bonds. The van der Waals surface area contributed by atoms with E-state index in [9.17, 15) is 4.79 Å². The maximum Gasteiger partial charge on any atom is 0.309 e. The highest BCUT2D eigenvalue weighted by Crippen LogP contribution is 2.42. The fraction of sp³-hybridized carbons (Fsp3) is 0.444. The van der Waals surface area contributed by atoms with Gasteiger partial charge in [-0.05, 0) is 44.3 Å². The molecule has 2 unspecified atom stereocenters. The van der Waals surface area contributed by atoms with Crippen LogP contribution in [0.15, 0.2) is 14.3 Å². The predicted molar refractivity (Wildman–Crippen MR) is 64.2 cm³/mol. The van der Waals surface area contributed by atoms with E-state index in [4.69, 9.17) is 9.84 Å². The maximum absolute atomic E-state index is 11.0. The summed E-state index contributed by atoms with van der Waals surface area (Å²) in [6.45, 7) is 0.523. The smallest absolute Gasteiger partial charge is 0.309 e. The second-order valence-corrected chi connectivity index (χ2v) is 6.55. The van der Waals surface area contributed by atoms with Crippen molar-refractivity contribution in [1.29, 1.82) is 0 Å². The molecule has 1 saturated heterocycles. The lowest BCUT2D eigenvalue weighted by molar-refractivity contribution is -0.143. The quantitative estimate of drug-likeness (QED) is 0.883. The fourth-order valence-electron chi connectivity index (χ4n) is 1.63. The van der Waals surface area contributed by atoms with Crippen LogP contribution in [0, 0.1) is 5.92 Å². The molecule has 0 radical (unpaired) electrons. The summed E-state index contributed by atoms with van der Waals surface area (Å²) in [5.74, 6) is -1.19. The molecule has 15 heavy (non-hydrogen) atoms. The molecule has 2 atom stereocenters. The van der Waals surface area contributed by atoms with E-state index < -0.39 is 11.9 Å². The number of aliphatic carboxylic acids is 1. The Balaban J connectivity index is 2.26. The standard InChI is InChI=1S/C9H8Br2O3S/c10-5-3-6(15-8(5)11)7-4(9(12)13)1-2-14-7/h3-4,7H,1-2H2,(H,12,13). The third-order valence-electron chi connectivity index (χ3n) is 2.35. The number of rotatable bonds is 2. The normalized spacial score (nSPS) is 25.7. The average Bonchev–Trinajstić information content (AvgIpc) is 2.73. The van der Waals surface area contributed by atoms with Gasteiger partial charge in [-0.2, -0.15) is 0 Å². The van der Waals surface area contributed by atoms with Crippen LogP contribution >= 0.6 is 43.2 Å². The van der Waals surface area contributed by atoms with Crippen LogP contribution in [0.25, 0.3) is 0 Å². The topological polar surface area (TPSA) is 46.5 Å². The van der Waals surface area contributed by atoms with E-state index in [0.29, 0.717) is 13.0 Å². The minimum Gasteiger partial charge on any atom is -0.481 e. The molecule has 0 saturated carbocycles. The number of thiophene rings is 1. The second kappa shape index (κ2) is 4.53. The van der Waals surface area contributed by atoms with Crippen molar-refractivity contribution in [1.82, 2.24) is 0 Å². The number of carbonyl (C=O) groups is 1. The summed E-state index contributed by atoms with van der Waals surface area (Å²) in [6.07, 6.45) is 0.294. The molecule has 1 aromatic heterocycles. The highest BCUT2D eigenvalue weighted by Gasteiger charge is 2.36. The Hall–Kier alpha value is 0.0900. The van der Waals surface area contributed by atoms with E-state index >= 15 is 0 Å². The lowest BCUT2D eigenvalue weighted by atomic mass is 10.0. The molecule has 0 bridgehead atoms. The molecule has 3 nitrogen and oxygen atoms in total. The summed E-state index contributed by atoms with van der Waals surface area (Å²) < 4.78 is 7.39. The van der Waals surface area contributed by atoms with Crippen molar-refractivity contribution in [3.63, 3.8) is 0 Å². The number of carboxylic acids is 1. The summed E-state index contributed by atoms with van der Waals surface area (Å²) in [4.78, 5) is 11.9. The van der Waals surface area contributed by atoms with Gasteiger partial charge in [0.05, 0.1) is 9.70 Å². The van der Waals surface area contributed by atoms with E-state index in [1.165, 1.54) is 11.3 Å². The van der Waals surface area contributed by atoms with Crippen molar-refractivity contribution in [2.45, 2.75) is 12.5 Å². The summed E-state index contributed by atoms with van der Waals surface area (Å²) in [6, 6.07) is 1.92. The zero-order chi connectivity index (χ0) is 11.0. The first kappa shape index (κ1) is 11.6. The first-order chi connectivity index (χ1) is 7.09. The van der Waals surface area contributed by atoms with Crippen molar-refractivity contribution < 1.29 is 14.6 Å². The number of carboxylic acid groups (broad SMARTS) is 1. The van der Waals surface area contributed by atoms with Crippen LogP contribution < -0.4 is 0 Å². The number of ether oxygens (including phenoxy) is 1. The van der Waals surface area contributed by atoms with E-state index in [1.807, 2.05) is 6.07 Å². The van der Waals surface area contributed by atoms with Gasteiger partial charge in [0.2, 0.25) is 0 Å². The van der Waals surface area contributed by atoms with Gasteiger partial charge in [-0.1, -0.05) is 0 Å². The van der Waals surface area contributed by atoms with Crippen LogP contribution in [0.1, 0.15) is 17.4 Å². The molecule has 1 N–H and O–H groups in total. The molecule has 1 aliphatic heterocycles. The average molecular weight is 356 g/mol. The Morgan fingerprint density at radius 2 is 2.33 bits per heavy atom. The SMILES string of the molecule is O=C(O)C1CCOC1c1cc(Br)c(Br)s1. The number of hydrogen-bond donors (Lipinski definition) is 1. The first-order valence-electron chi connectivity index (χ1n) is 4.38. The summed E-state index contributed by atoms with van der Waals surface area (Å²) in [5, 5.41) is 9.02. The minimum atomic E-state index is -0.779. The van der Waals surface area contributed by atoms with Crippen molar-refractivity contribution in [3.05, 3.63) is 19.2 Å². The third-order valence-corrected chi connectivity index (χ3v) is 5.67. The fourth-order valence-corrected chi connectivity index (χ4v) is 3.83. The van der Waals surface area contributed by atoms with Crippen LogP contribution in [0.4, 0.5) is 0 Å². The summed E-state index contributed by atoms with van der Waals surface area (Å²) >= 11 is 8.28. The molecule has 0 spiro atoms. The molecular weight excluding hydrogens is 348 g/mol. The van der Waals surface area contributed by atoms with E-state index in [1.54, 1.807) is 0 Å². The molecule has 1 fully saturated rings. The van der Waals surface area contributed by atoms with Crippen molar-refractivity contribution >= 4 is 49.2 Å². The molecule has 2 rings (SSSR count). The number of halogens is 2. The Morgan fingerprint density at radius 3 is 2.87 bits per heavy atom. The van der Waals surface area contributed by atoms with Gasteiger partial charge in [0.1, 0.15) is 6.10 Å². The third kappa shape index (κ3) is 2.27. The molecule has 2 heterocycles. The Kier molecular flexibility index (Phi) is 3.49. The van der Waals surface area contributed by atoms with Crippen molar-refractivity contribution in [2.24, 2.45) is 5.92 Å². The van der Waals surface area contributed by atoms with Gasteiger partial charge in [-0.25, -0.2) is 0 Å². The van der Waals surface area contributed by atoms with Gasteiger partial charge in [0.15, 0.2) is 0 Å². The van der Waals surface area contributed by atoms with Gasteiger partial charge < -0.3 is 9.84 Å². The van der Waals surface area contributed by atoms with Crippen LogP contribution in [-0.4, -0.2) is 17.7 Å². The summed E-state index contributed by atoms with van der Waals surface area (Å²) in [5.41, 5.74) is 0. The van der Waals surface area contributed by atoms with Crippen molar-refractivity contribution in [2.75, 3.05) is 6.61 Å². The molecule has 1 aliphatic rings. The van der Waals surface area contributed by atoms with Crippen molar-refractivity contribution in [3.8, 4) is 0 Å². The Morgan fingerprint density at radius 1 is 1.60 bits per heavy atom. The zero-order valence-electron chi connectivity index (χ0n) is 7.57. The molecule has 0 aliphatic carbocycles. The molecule has 0 aromatic carbocycles. The summed E-state index contributed by atoms with van der Waals surface area (Å²) in [7, 11) is 0. The lowest BCUT2D eigenvalue weighted by Gasteiger charge is -2.12. The highest BCUT2D eigenvalue weighted by atomic mass is 79.9. The van der Waals surface area contributed by atoms with Gasteiger partial charge in [0.25, 0.3) is 0 Å². The van der Waals surface area contributed by atoms with Gasteiger partial charge in [-0.15, -0.1) is 11.3 Å². The van der Waals surface area contributed by atoms with Crippen LogP contribution in [0.5, 0.6) is 0 Å². The van der Waals surface area contributed by atoms with Gasteiger partial charge in [-0.3, -0.25) is 4.79 Å². The highest BCUT2D eigenvalue weighted by molar-refractivity contribution is 9.13.